The SMILES string of the molecule is COC(=O)C1(N)CCCC1CCSC1CCCC(C)C1. The number of esters is 1. The normalized spacial score (nSPS) is 37.9. The van der Waals surface area contributed by atoms with Gasteiger partial charge in [0.2, 0.25) is 0 Å². The molecule has 4 atom stereocenters. The summed E-state index contributed by atoms with van der Waals surface area (Å²) in [5, 5.41) is 0.824. The molecule has 0 bridgehead atoms. The number of hydrogen-bond acceptors (Lipinski definition) is 4. The van der Waals surface area contributed by atoms with Crippen molar-refractivity contribution in [3.05, 3.63) is 0 Å². The molecule has 0 aromatic heterocycles. The van der Waals surface area contributed by atoms with Crippen LogP contribution in [0.5, 0.6) is 0 Å². The molecule has 4 heteroatoms. The molecular formula is C16H29NO2S. The van der Waals surface area contributed by atoms with Gasteiger partial charge in [-0.1, -0.05) is 26.2 Å². The highest BCUT2D eigenvalue weighted by molar-refractivity contribution is 7.99. The fraction of sp³-hybridized carbons (Fsp3) is 0.938. The van der Waals surface area contributed by atoms with Crippen molar-refractivity contribution in [3.8, 4) is 0 Å². The first kappa shape index (κ1) is 16.2. The maximum Gasteiger partial charge on any atom is 0.326 e. The average Bonchev–Trinajstić information content (AvgIpc) is 2.81. The first-order valence-electron chi connectivity index (χ1n) is 8.05. The Morgan fingerprint density at radius 1 is 1.35 bits per heavy atom. The van der Waals surface area contributed by atoms with Crippen LogP contribution in [0.1, 0.15) is 58.3 Å². The standard InChI is InChI=1S/C16H29NO2S/c1-12-5-3-7-14(11-12)20-10-8-13-6-4-9-16(13,17)15(18)19-2/h12-14H,3-11,17H2,1-2H3. The molecule has 0 radical (unpaired) electrons. The lowest BCUT2D eigenvalue weighted by molar-refractivity contribution is -0.148. The van der Waals surface area contributed by atoms with Gasteiger partial charge in [0.1, 0.15) is 5.54 Å². The van der Waals surface area contributed by atoms with Crippen molar-refractivity contribution in [1.29, 1.82) is 0 Å². The van der Waals surface area contributed by atoms with Crippen molar-refractivity contribution >= 4 is 17.7 Å². The van der Waals surface area contributed by atoms with Crippen molar-refractivity contribution in [1.82, 2.24) is 0 Å². The minimum Gasteiger partial charge on any atom is -0.468 e. The van der Waals surface area contributed by atoms with Gasteiger partial charge in [0.15, 0.2) is 0 Å². The third-order valence-corrected chi connectivity index (χ3v) is 6.52. The highest BCUT2D eigenvalue weighted by Gasteiger charge is 2.46. The van der Waals surface area contributed by atoms with Crippen LogP contribution in [0.4, 0.5) is 0 Å². The van der Waals surface area contributed by atoms with Gasteiger partial charge in [-0.2, -0.15) is 11.8 Å². The van der Waals surface area contributed by atoms with Crippen molar-refractivity contribution in [2.75, 3.05) is 12.9 Å². The number of methoxy groups -OCH3 is 1. The molecule has 2 N–H and O–H groups in total. The van der Waals surface area contributed by atoms with Gasteiger partial charge in [-0.05, 0) is 49.7 Å². The molecule has 3 nitrogen and oxygen atoms in total. The molecule has 2 saturated carbocycles. The first-order valence-corrected chi connectivity index (χ1v) is 9.10. The topological polar surface area (TPSA) is 52.3 Å². The molecular weight excluding hydrogens is 270 g/mol. The Labute approximate surface area is 127 Å². The molecule has 4 unspecified atom stereocenters. The molecule has 0 saturated heterocycles. The minimum absolute atomic E-state index is 0.212. The lowest BCUT2D eigenvalue weighted by Gasteiger charge is -2.30. The van der Waals surface area contributed by atoms with Crippen molar-refractivity contribution in [3.63, 3.8) is 0 Å². The second-order valence-corrected chi connectivity index (χ2v) is 8.08. The third-order valence-electron chi connectivity index (χ3n) is 5.15. The average molecular weight is 299 g/mol. The predicted octanol–water partition coefficient (Wildman–Crippen LogP) is 3.36. The number of carbonyl (C=O) groups excluding carboxylic acids is 1. The second kappa shape index (κ2) is 7.17. The zero-order valence-electron chi connectivity index (χ0n) is 12.9. The second-order valence-electron chi connectivity index (χ2n) is 6.67. The molecule has 0 aromatic rings. The van der Waals surface area contributed by atoms with E-state index in [1.54, 1.807) is 0 Å². The van der Waals surface area contributed by atoms with Gasteiger partial charge in [0.05, 0.1) is 7.11 Å². The number of rotatable bonds is 5. The maximum absolute atomic E-state index is 11.9. The van der Waals surface area contributed by atoms with Gasteiger partial charge in [0, 0.05) is 5.25 Å². The van der Waals surface area contributed by atoms with Gasteiger partial charge in [0.25, 0.3) is 0 Å². The van der Waals surface area contributed by atoms with E-state index in [4.69, 9.17) is 10.5 Å². The van der Waals surface area contributed by atoms with Crippen LogP contribution in [0, 0.1) is 11.8 Å². The summed E-state index contributed by atoms with van der Waals surface area (Å²) in [5.74, 6) is 2.12. The predicted molar refractivity (Wildman–Crippen MR) is 84.8 cm³/mol. The highest BCUT2D eigenvalue weighted by atomic mass is 32.2. The van der Waals surface area contributed by atoms with Gasteiger partial charge < -0.3 is 10.5 Å². The Morgan fingerprint density at radius 3 is 2.85 bits per heavy atom. The molecule has 0 amide bonds. The van der Waals surface area contributed by atoms with Crippen molar-refractivity contribution in [2.24, 2.45) is 17.6 Å². The molecule has 0 aromatic carbocycles. The van der Waals surface area contributed by atoms with E-state index in [1.165, 1.54) is 32.8 Å². The van der Waals surface area contributed by atoms with E-state index in [-0.39, 0.29) is 5.97 Å². The fourth-order valence-electron chi connectivity index (χ4n) is 3.87. The van der Waals surface area contributed by atoms with Gasteiger partial charge >= 0.3 is 5.97 Å². The summed E-state index contributed by atoms with van der Waals surface area (Å²) >= 11 is 2.10. The third kappa shape index (κ3) is 3.70. The number of thioether (sulfide) groups is 1. The lowest BCUT2D eigenvalue weighted by Crippen LogP contribution is -2.51. The Morgan fingerprint density at radius 2 is 2.15 bits per heavy atom. The van der Waals surface area contributed by atoms with E-state index in [2.05, 4.69) is 18.7 Å². The van der Waals surface area contributed by atoms with Crippen LogP contribution in [-0.4, -0.2) is 29.6 Å². The summed E-state index contributed by atoms with van der Waals surface area (Å²) in [6.07, 6.45) is 9.48. The van der Waals surface area contributed by atoms with Crippen LogP contribution < -0.4 is 5.73 Å². The quantitative estimate of drug-likeness (QED) is 0.791. The molecule has 2 fully saturated rings. The molecule has 0 spiro atoms. The molecule has 2 aliphatic carbocycles. The summed E-state index contributed by atoms with van der Waals surface area (Å²) in [5.41, 5.74) is 5.60. The zero-order chi connectivity index (χ0) is 14.6. The smallest absolute Gasteiger partial charge is 0.326 e. The fourth-order valence-corrected chi connectivity index (χ4v) is 5.42. The van der Waals surface area contributed by atoms with Crippen molar-refractivity contribution in [2.45, 2.75) is 69.1 Å². The molecule has 2 rings (SSSR count). The van der Waals surface area contributed by atoms with Crippen LogP contribution in [0.15, 0.2) is 0 Å². The van der Waals surface area contributed by atoms with E-state index in [0.29, 0.717) is 5.92 Å². The van der Waals surface area contributed by atoms with E-state index in [9.17, 15) is 4.79 Å². The molecule has 2 aliphatic rings. The largest absolute Gasteiger partial charge is 0.468 e. The summed E-state index contributed by atoms with van der Waals surface area (Å²) in [7, 11) is 1.45. The Balaban J connectivity index is 1.77. The number of nitrogens with two attached hydrogens (primary N) is 1. The van der Waals surface area contributed by atoms with E-state index in [1.807, 2.05) is 0 Å². The summed E-state index contributed by atoms with van der Waals surface area (Å²) < 4.78 is 4.91. The molecule has 20 heavy (non-hydrogen) atoms. The molecule has 0 aliphatic heterocycles. The Hall–Kier alpha value is -0.220. The van der Waals surface area contributed by atoms with Gasteiger partial charge in [-0.3, -0.25) is 4.79 Å². The van der Waals surface area contributed by atoms with Crippen LogP contribution in [0.3, 0.4) is 0 Å². The first-order chi connectivity index (χ1) is 9.56. The van der Waals surface area contributed by atoms with Crippen molar-refractivity contribution < 1.29 is 9.53 Å². The molecule has 0 heterocycles. The maximum atomic E-state index is 11.9. The number of hydrogen-bond donors (Lipinski definition) is 1. The molecule has 116 valence electrons. The number of carbonyl (C=O) groups is 1. The zero-order valence-corrected chi connectivity index (χ0v) is 13.7. The van der Waals surface area contributed by atoms with E-state index < -0.39 is 5.54 Å². The Kier molecular flexibility index (Phi) is 5.79. The van der Waals surface area contributed by atoms with Crippen LogP contribution >= 0.6 is 11.8 Å². The Bertz CT molecular complexity index is 336. The lowest BCUT2D eigenvalue weighted by atomic mass is 9.86. The van der Waals surface area contributed by atoms with Gasteiger partial charge in [-0.15, -0.1) is 0 Å². The number of ether oxygens (including phenoxy) is 1. The van der Waals surface area contributed by atoms with Crippen LogP contribution in [-0.2, 0) is 9.53 Å². The van der Waals surface area contributed by atoms with Crippen LogP contribution in [0.2, 0.25) is 0 Å². The summed E-state index contributed by atoms with van der Waals surface area (Å²) in [4.78, 5) is 11.9. The van der Waals surface area contributed by atoms with Crippen LogP contribution in [0.25, 0.3) is 0 Å². The highest BCUT2D eigenvalue weighted by Crippen LogP contribution is 2.39. The van der Waals surface area contributed by atoms with E-state index >= 15 is 0 Å². The minimum atomic E-state index is -0.713. The van der Waals surface area contributed by atoms with Gasteiger partial charge in [-0.25, -0.2) is 0 Å². The monoisotopic (exact) mass is 299 g/mol. The summed E-state index contributed by atoms with van der Waals surface area (Å²) in [6, 6.07) is 0. The summed E-state index contributed by atoms with van der Waals surface area (Å²) in [6.45, 7) is 2.37. The van der Waals surface area contributed by atoms with E-state index in [0.717, 1.165) is 42.6 Å².